The Morgan fingerprint density at radius 1 is 0.302 bits per heavy atom. The molecule has 0 atom stereocenters. The van der Waals surface area contributed by atoms with Crippen molar-refractivity contribution in [2.24, 2.45) is 0 Å². The minimum absolute atomic E-state index is 0.629. The molecule has 10 rings (SSSR count). The molecular weight excluding hydrogens is 643 g/mol. The van der Waals surface area contributed by atoms with Crippen molar-refractivity contribution < 1.29 is 4.42 Å². The van der Waals surface area contributed by atoms with Crippen molar-refractivity contribution in [2.75, 3.05) is 0 Å². The highest BCUT2D eigenvalue weighted by Crippen LogP contribution is 2.48. The highest BCUT2D eigenvalue weighted by molar-refractivity contribution is 6.23. The van der Waals surface area contributed by atoms with Crippen LogP contribution in [0.25, 0.3) is 99.7 Å². The summed E-state index contributed by atoms with van der Waals surface area (Å²) < 4.78 is 6.10. The fourth-order valence-electron chi connectivity index (χ4n) is 7.88. The van der Waals surface area contributed by atoms with Gasteiger partial charge in [-0.3, -0.25) is 0 Å². The number of nitrogens with zero attached hydrogens (tertiary/aromatic N) is 1. The first kappa shape index (κ1) is 30.8. The molecule has 0 fully saturated rings. The summed E-state index contributed by atoms with van der Waals surface area (Å²) in [6, 6.07) is 71.5. The smallest absolute Gasteiger partial charge is 0.227 e. The number of benzene rings is 9. The largest absolute Gasteiger partial charge is 0.436 e. The van der Waals surface area contributed by atoms with Gasteiger partial charge in [-0.15, -0.1) is 0 Å². The Balaban J connectivity index is 1.24. The normalized spacial score (nSPS) is 11.4. The zero-order valence-electron chi connectivity index (χ0n) is 28.9. The van der Waals surface area contributed by atoms with E-state index in [0.717, 1.165) is 27.8 Å². The Bertz CT molecular complexity index is 2890. The molecule has 0 aliphatic carbocycles. The van der Waals surface area contributed by atoms with Crippen LogP contribution in [-0.2, 0) is 0 Å². The fraction of sp³-hybridized carbons (Fsp3) is 0. The van der Waals surface area contributed by atoms with Gasteiger partial charge in [0.2, 0.25) is 5.89 Å². The second-order valence-corrected chi connectivity index (χ2v) is 13.4. The van der Waals surface area contributed by atoms with Crippen molar-refractivity contribution in [3.8, 4) is 67.1 Å². The van der Waals surface area contributed by atoms with Crippen LogP contribution in [-0.4, -0.2) is 4.98 Å². The van der Waals surface area contributed by atoms with Gasteiger partial charge in [0.05, 0.1) is 0 Å². The van der Waals surface area contributed by atoms with E-state index < -0.39 is 0 Å². The summed E-state index contributed by atoms with van der Waals surface area (Å²) in [5.74, 6) is 0.629. The van der Waals surface area contributed by atoms with Gasteiger partial charge in [-0.05, 0) is 108 Å². The lowest BCUT2D eigenvalue weighted by atomic mass is 9.81. The van der Waals surface area contributed by atoms with Crippen LogP contribution < -0.4 is 0 Å². The lowest BCUT2D eigenvalue weighted by Gasteiger charge is -2.21. The second-order valence-electron chi connectivity index (χ2n) is 13.4. The van der Waals surface area contributed by atoms with E-state index in [2.05, 4.69) is 176 Å². The van der Waals surface area contributed by atoms with Gasteiger partial charge in [0, 0.05) is 5.56 Å². The molecule has 248 valence electrons. The highest BCUT2D eigenvalue weighted by Gasteiger charge is 2.21. The van der Waals surface area contributed by atoms with Gasteiger partial charge in [0.15, 0.2) is 5.58 Å². The summed E-state index contributed by atoms with van der Waals surface area (Å²) >= 11 is 0. The minimum Gasteiger partial charge on any atom is -0.436 e. The van der Waals surface area contributed by atoms with Crippen LogP contribution in [0.1, 0.15) is 0 Å². The quantitative estimate of drug-likeness (QED) is 0.164. The summed E-state index contributed by atoms with van der Waals surface area (Å²) in [6.45, 7) is 0. The molecule has 53 heavy (non-hydrogen) atoms. The van der Waals surface area contributed by atoms with Gasteiger partial charge in [-0.2, -0.15) is 0 Å². The monoisotopic (exact) mass is 675 g/mol. The van der Waals surface area contributed by atoms with Crippen molar-refractivity contribution in [2.45, 2.75) is 0 Å². The number of para-hydroxylation sites is 2. The molecule has 0 spiro atoms. The number of fused-ring (bicyclic) bond motifs is 3. The molecule has 0 saturated heterocycles. The number of oxazole rings is 1. The molecule has 0 unspecified atom stereocenters. The maximum absolute atomic E-state index is 6.10. The van der Waals surface area contributed by atoms with Gasteiger partial charge >= 0.3 is 0 Å². The van der Waals surface area contributed by atoms with Crippen LogP contribution in [0.5, 0.6) is 0 Å². The Labute approximate surface area is 308 Å². The molecule has 1 heterocycles. The maximum atomic E-state index is 6.10. The highest BCUT2D eigenvalue weighted by atomic mass is 16.3. The summed E-state index contributed by atoms with van der Waals surface area (Å²) in [6.07, 6.45) is 0. The van der Waals surface area contributed by atoms with E-state index in [1.807, 2.05) is 24.3 Å². The van der Waals surface area contributed by atoms with Crippen LogP contribution in [0.2, 0.25) is 0 Å². The molecule has 0 aliphatic heterocycles. The Hall–Kier alpha value is -7.03. The number of hydrogen-bond acceptors (Lipinski definition) is 2. The lowest BCUT2D eigenvalue weighted by molar-refractivity contribution is 0.620. The van der Waals surface area contributed by atoms with E-state index in [1.54, 1.807) is 0 Å². The van der Waals surface area contributed by atoms with E-state index in [4.69, 9.17) is 9.40 Å². The van der Waals surface area contributed by atoms with Gasteiger partial charge < -0.3 is 4.42 Å². The van der Waals surface area contributed by atoms with Gasteiger partial charge in [-0.1, -0.05) is 170 Å². The Kier molecular flexibility index (Phi) is 7.51. The lowest BCUT2D eigenvalue weighted by Crippen LogP contribution is -1.94. The van der Waals surface area contributed by atoms with Crippen LogP contribution in [0.4, 0.5) is 0 Å². The molecule has 0 amide bonds. The molecule has 9 aromatic carbocycles. The third-order valence-corrected chi connectivity index (χ3v) is 10.3. The predicted molar refractivity (Wildman–Crippen MR) is 222 cm³/mol. The molecular formula is C51H33NO. The van der Waals surface area contributed by atoms with E-state index in [-0.39, 0.29) is 0 Å². The first-order valence-electron chi connectivity index (χ1n) is 18.0. The van der Waals surface area contributed by atoms with Crippen LogP contribution >= 0.6 is 0 Å². The van der Waals surface area contributed by atoms with Crippen LogP contribution in [0, 0.1) is 0 Å². The SMILES string of the molecule is c1ccc(-c2ccccc2-c2c3ccccc3c(-c3ccccc3-c3ccccc3)c3cc(-c4ccc(-c5nc6ccccc6o5)cc4)ccc23)cc1. The van der Waals surface area contributed by atoms with Crippen molar-refractivity contribution in [1.29, 1.82) is 0 Å². The summed E-state index contributed by atoms with van der Waals surface area (Å²) in [4.78, 5) is 4.73. The number of rotatable bonds is 6. The molecule has 0 radical (unpaired) electrons. The molecule has 10 aromatic rings. The summed E-state index contributed by atoms with van der Waals surface area (Å²) in [7, 11) is 0. The molecule has 2 heteroatoms. The minimum atomic E-state index is 0.629. The number of aromatic nitrogens is 1. The van der Waals surface area contributed by atoms with Crippen molar-refractivity contribution in [3.63, 3.8) is 0 Å². The first-order valence-corrected chi connectivity index (χ1v) is 18.0. The van der Waals surface area contributed by atoms with Crippen molar-refractivity contribution in [1.82, 2.24) is 4.98 Å². The van der Waals surface area contributed by atoms with Gasteiger partial charge in [0.1, 0.15) is 5.52 Å². The third-order valence-electron chi connectivity index (χ3n) is 10.3. The average molecular weight is 676 g/mol. The van der Waals surface area contributed by atoms with Crippen molar-refractivity contribution >= 4 is 32.6 Å². The molecule has 1 aromatic heterocycles. The standard InChI is InChI=1S/C51H33NO/c1-3-15-35(16-4-1)39-19-7-9-21-41(39)49-43-23-11-12-24-44(43)50(42-22-10-8-20-40(42)36-17-5-2-6-18-36)46-33-38(31-32-45(46)49)34-27-29-37(30-28-34)51-52-47-25-13-14-26-48(47)53-51/h1-33H. The Morgan fingerprint density at radius 2 is 0.755 bits per heavy atom. The molecule has 0 bridgehead atoms. The zero-order chi connectivity index (χ0) is 35.1. The Morgan fingerprint density at radius 3 is 1.36 bits per heavy atom. The number of hydrogen-bond donors (Lipinski definition) is 0. The fourth-order valence-corrected chi connectivity index (χ4v) is 7.88. The second kappa shape index (κ2) is 12.9. The van der Waals surface area contributed by atoms with E-state index in [0.29, 0.717) is 5.89 Å². The van der Waals surface area contributed by atoms with Crippen LogP contribution in [0.3, 0.4) is 0 Å². The summed E-state index contributed by atoms with van der Waals surface area (Å²) in [5, 5.41) is 4.89. The first-order chi connectivity index (χ1) is 26.3. The van der Waals surface area contributed by atoms with E-state index in [9.17, 15) is 0 Å². The topological polar surface area (TPSA) is 26.0 Å². The molecule has 2 nitrogen and oxygen atoms in total. The van der Waals surface area contributed by atoms with Gasteiger partial charge in [0.25, 0.3) is 0 Å². The molecule has 0 saturated carbocycles. The summed E-state index contributed by atoms with van der Waals surface area (Å²) in [5.41, 5.74) is 14.6. The zero-order valence-corrected chi connectivity index (χ0v) is 28.9. The van der Waals surface area contributed by atoms with E-state index in [1.165, 1.54) is 66.1 Å². The van der Waals surface area contributed by atoms with Crippen LogP contribution in [0.15, 0.2) is 205 Å². The van der Waals surface area contributed by atoms with Crippen molar-refractivity contribution in [3.05, 3.63) is 200 Å². The molecule has 0 aliphatic rings. The van der Waals surface area contributed by atoms with Gasteiger partial charge in [-0.25, -0.2) is 4.98 Å². The average Bonchev–Trinajstić information content (AvgIpc) is 3.68. The molecule has 0 N–H and O–H groups in total. The predicted octanol–water partition coefficient (Wildman–Crippen LogP) is 14.1. The van der Waals surface area contributed by atoms with E-state index >= 15 is 0 Å². The maximum Gasteiger partial charge on any atom is 0.227 e. The third kappa shape index (κ3) is 5.40.